The molecule has 9 heteroatoms. The van der Waals surface area contributed by atoms with Crippen LogP contribution in [-0.2, 0) is 9.53 Å². The Kier molecular flexibility index (Phi) is 7.04. The van der Waals surface area contributed by atoms with Gasteiger partial charge in [0.25, 0.3) is 5.56 Å². The van der Waals surface area contributed by atoms with Gasteiger partial charge in [0.2, 0.25) is 0 Å². The maximum Gasteiger partial charge on any atom is 0.338 e. The second-order valence-electron chi connectivity index (χ2n) is 7.69. The molecule has 0 saturated heterocycles. The first-order valence-corrected chi connectivity index (χ1v) is 12.7. The molecule has 7 nitrogen and oxygen atoms in total. The summed E-state index contributed by atoms with van der Waals surface area (Å²) in [5, 5.41) is 1.93. The van der Waals surface area contributed by atoms with E-state index in [1.807, 2.05) is 41.8 Å². The summed E-state index contributed by atoms with van der Waals surface area (Å²) in [5.74, 6) is 0.207. The van der Waals surface area contributed by atoms with Crippen molar-refractivity contribution in [2.24, 2.45) is 4.99 Å². The number of fused-ring (bicyclic) bond motifs is 1. The van der Waals surface area contributed by atoms with Gasteiger partial charge in [0, 0.05) is 35.3 Å². The van der Waals surface area contributed by atoms with Crippen LogP contribution in [0.25, 0.3) is 6.08 Å². The molecule has 34 heavy (non-hydrogen) atoms. The van der Waals surface area contributed by atoms with Gasteiger partial charge in [0.15, 0.2) is 4.80 Å². The van der Waals surface area contributed by atoms with Crippen molar-refractivity contribution in [3.05, 3.63) is 77.1 Å². The second-order valence-corrected chi connectivity index (χ2v) is 9.68. The number of anilines is 1. The standard InChI is InChI=1S/C25H27N3O4S2/c1-6-27(7-2)17-11-10-16(18(14-17)31-4)13-20-23(29)28-22(19-9-8-12-33-19)21(24(30)32-5)15(3)26-25(28)34-20/h8-14,22H,6-7H2,1-5H3. The molecule has 0 N–H and O–H groups in total. The normalized spacial score (nSPS) is 15.7. The summed E-state index contributed by atoms with van der Waals surface area (Å²) < 4.78 is 12.8. The van der Waals surface area contributed by atoms with Crippen molar-refractivity contribution in [2.75, 3.05) is 32.2 Å². The zero-order chi connectivity index (χ0) is 24.4. The lowest BCUT2D eigenvalue weighted by Gasteiger charge is -2.22. The highest BCUT2D eigenvalue weighted by molar-refractivity contribution is 7.10. The Balaban J connectivity index is 1.89. The van der Waals surface area contributed by atoms with Gasteiger partial charge in [0.1, 0.15) is 11.8 Å². The van der Waals surface area contributed by atoms with Crippen molar-refractivity contribution in [1.29, 1.82) is 0 Å². The molecule has 0 radical (unpaired) electrons. The summed E-state index contributed by atoms with van der Waals surface area (Å²) in [5.41, 5.74) is 2.60. The Morgan fingerprint density at radius 2 is 2.00 bits per heavy atom. The fourth-order valence-electron chi connectivity index (χ4n) is 4.15. The number of nitrogens with zero attached hydrogens (tertiary/aromatic N) is 3. The molecule has 0 aliphatic carbocycles. The number of allylic oxidation sites excluding steroid dienone is 1. The number of rotatable bonds is 7. The fourth-order valence-corrected chi connectivity index (χ4v) is 6.02. The largest absolute Gasteiger partial charge is 0.496 e. The summed E-state index contributed by atoms with van der Waals surface area (Å²) in [6.07, 6.45) is 1.83. The molecule has 178 valence electrons. The quantitative estimate of drug-likeness (QED) is 0.468. The molecule has 2 aromatic heterocycles. The van der Waals surface area contributed by atoms with E-state index >= 15 is 0 Å². The predicted octanol–water partition coefficient (Wildman–Crippen LogP) is 3.32. The van der Waals surface area contributed by atoms with Crippen molar-refractivity contribution < 1.29 is 14.3 Å². The molecular weight excluding hydrogens is 470 g/mol. The molecule has 0 amide bonds. The van der Waals surface area contributed by atoms with Crippen molar-refractivity contribution in [3.63, 3.8) is 0 Å². The van der Waals surface area contributed by atoms with E-state index in [0.29, 0.717) is 26.4 Å². The van der Waals surface area contributed by atoms with Crippen LogP contribution in [0.5, 0.6) is 5.75 Å². The van der Waals surface area contributed by atoms with Crippen LogP contribution in [0.1, 0.15) is 37.3 Å². The van der Waals surface area contributed by atoms with E-state index in [1.165, 1.54) is 29.8 Å². The zero-order valence-electron chi connectivity index (χ0n) is 19.8. The van der Waals surface area contributed by atoms with Crippen molar-refractivity contribution in [1.82, 2.24) is 4.57 Å². The number of carbonyl (C=O) groups is 1. The van der Waals surface area contributed by atoms with E-state index < -0.39 is 12.0 Å². The minimum Gasteiger partial charge on any atom is -0.496 e. The van der Waals surface area contributed by atoms with E-state index in [1.54, 1.807) is 18.6 Å². The summed E-state index contributed by atoms with van der Waals surface area (Å²) in [6.45, 7) is 7.78. The Bertz CT molecular complexity index is 1410. The smallest absolute Gasteiger partial charge is 0.338 e. The van der Waals surface area contributed by atoms with Gasteiger partial charge in [-0.1, -0.05) is 17.4 Å². The number of hydrogen-bond donors (Lipinski definition) is 0. The van der Waals surface area contributed by atoms with E-state index in [-0.39, 0.29) is 5.56 Å². The molecule has 3 heterocycles. The monoisotopic (exact) mass is 497 g/mol. The molecule has 1 atom stereocenters. The number of thiophene rings is 1. The topological polar surface area (TPSA) is 73.1 Å². The maximum absolute atomic E-state index is 13.6. The molecule has 0 spiro atoms. The third kappa shape index (κ3) is 4.21. The average molecular weight is 498 g/mol. The predicted molar refractivity (Wildman–Crippen MR) is 137 cm³/mol. The minimum atomic E-state index is -0.571. The van der Waals surface area contributed by atoms with E-state index in [4.69, 9.17) is 9.47 Å². The first-order valence-electron chi connectivity index (χ1n) is 11.0. The molecule has 0 bridgehead atoms. The number of thiazole rings is 1. The number of esters is 1. The molecule has 1 aliphatic rings. The summed E-state index contributed by atoms with van der Waals surface area (Å²) >= 11 is 2.79. The van der Waals surface area contributed by atoms with Gasteiger partial charge in [-0.15, -0.1) is 11.3 Å². The van der Waals surface area contributed by atoms with Gasteiger partial charge in [-0.05, 0) is 50.4 Å². The fraction of sp³-hybridized carbons (Fsp3) is 0.320. The number of methoxy groups -OCH3 is 2. The van der Waals surface area contributed by atoms with Crippen LogP contribution in [0.4, 0.5) is 5.69 Å². The van der Waals surface area contributed by atoms with Crippen LogP contribution in [0, 0.1) is 0 Å². The zero-order valence-corrected chi connectivity index (χ0v) is 21.5. The van der Waals surface area contributed by atoms with Gasteiger partial charge in [-0.25, -0.2) is 9.79 Å². The Morgan fingerprint density at radius 1 is 1.24 bits per heavy atom. The lowest BCUT2D eigenvalue weighted by molar-refractivity contribution is -0.136. The molecule has 1 aliphatic heterocycles. The van der Waals surface area contributed by atoms with Gasteiger partial charge < -0.3 is 14.4 Å². The van der Waals surface area contributed by atoms with Gasteiger partial charge in [-0.3, -0.25) is 9.36 Å². The van der Waals surface area contributed by atoms with E-state index in [2.05, 4.69) is 23.7 Å². The highest BCUT2D eigenvalue weighted by Gasteiger charge is 2.33. The molecule has 3 aromatic rings. The third-order valence-corrected chi connectivity index (χ3v) is 7.78. The van der Waals surface area contributed by atoms with Crippen LogP contribution in [0.3, 0.4) is 0 Å². The number of hydrogen-bond acceptors (Lipinski definition) is 8. The van der Waals surface area contributed by atoms with Crippen LogP contribution >= 0.6 is 22.7 Å². The molecule has 0 fully saturated rings. The SMILES string of the molecule is CCN(CC)c1ccc(C=c2sc3n(c2=O)C(c2cccs2)C(C(=O)OC)=C(C)N=3)c(OC)c1. The Hall–Kier alpha value is -3.17. The van der Waals surface area contributed by atoms with Crippen molar-refractivity contribution >= 4 is 40.4 Å². The number of aromatic nitrogens is 1. The van der Waals surface area contributed by atoms with Crippen molar-refractivity contribution in [2.45, 2.75) is 26.8 Å². The highest BCUT2D eigenvalue weighted by atomic mass is 32.1. The first kappa shape index (κ1) is 24.0. The van der Waals surface area contributed by atoms with Crippen LogP contribution in [-0.4, -0.2) is 37.8 Å². The van der Waals surface area contributed by atoms with Crippen LogP contribution in [0.2, 0.25) is 0 Å². The first-order chi connectivity index (χ1) is 16.4. The van der Waals surface area contributed by atoms with Crippen LogP contribution in [0.15, 0.2) is 56.8 Å². The lowest BCUT2D eigenvalue weighted by Crippen LogP contribution is -2.39. The summed E-state index contributed by atoms with van der Waals surface area (Å²) in [7, 11) is 2.97. The van der Waals surface area contributed by atoms with E-state index in [9.17, 15) is 9.59 Å². The highest BCUT2D eigenvalue weighted by Crippen LogP contribution is 2.33. The van der Waals surface area contributed by atoms with Gasteiger partial charge >= 0.3 is 5.97 Å². The third-order valence-electron chi connectivity index (χ3n) is 5.87. The van der Waals surface area contributed by atoms with Crippen molar-refractivity contribution in [3.8, 4) is 5.75 Å². The minimum absolute atomic E-state index is 0.203. The Morgan fingerprint density at radius 3 is 2.62 bits per heavy atom. The van der Waals surface area contributed by atoms with Gasteiger partial charge in [0.05, 0.1) is 30.0 Å². The summed E-state index contributed by atoms with van der Waals surface area (Å²) in [4.78, 5) is 34.5. The Labute approximate surface area is 205 Å². The molecule has 1 unspecified atom stereocenters. The van der Waals surface area contributed by atoms with Crippen LogP contribution < -0.4 is 24.5 Å². The molecule has 1 aromatic carbocycles. The molecule has 0 saturated carbocycles. The number of ether oxygens (including phenoxy) is 2. The maximum atomic E-state index is 13.6. The average Bonchev–Trinajstić information content (AvgIpc) is 3.48. The second kappa shape index (κ2) is 9.99. The lowest BCUT2D eigenvalue weighted by atomic mass is 10.0. The summed E-state index contributed by atoms with van der Waals surface area (Å²) in [6, 6.07) is 9.24. The number of benzene rings is 1. The number of carbonyl (C=O) groups excluding carboxylic acids is 1. The molecular formula is C25H27N3O4S2. The molecule has 4 rings (SSSR count). The van der Waals surface area contributed by atoms with Gasteiger partial charge in [-0.2, -0.15) is 0 Å². The van der Waals surface area contributed by atoms with E-state index in [0.717, 1.165) is 29.2 Å².